The molecule has 1 atom stereocenters. The molecule has 32 heavy (non-hydrogen) atoms. The van der Waals surface area contributed by atoms with Crippen molar-refractivity contribution in [3.63, 3.8) is 0 Å². The molecule has 1 aliphatic rings. The number of urea groups is 1. The van der Waals surface area contributed by atoms with Gasteiger partial charge in [-0.25, -0.2) is 9.18 Å². The van der Waals surface area contributed by atoms with Gasteiger partial charge >= 0.3 is 12.2 Å². The van der Waals surface area contributed by atoms with E-state index in [4.69, 9.17) is 0 Å². The maximum absolute atomic E-state index is 13.2. The van der Waals surface area contributed by atoms with Crippen LogP contribution in [0.3, 0.4) is 0 Å². The number of nitrogens with one attached hydrogen (secondary N) is 2. The highest BCUT2D eigenvalue weighted by Crippen LogP contribution is 2.28. The van der Waals surface area contributed by atoms with Crippen molar-refractivity contribution in [2.24, 2.45) is 0 Å². The lowest BCUT2D eigenvalue weighted by Gasteiger charge is -2.22. The van der Waals surface area contributed by atoms with E-state index in [0.717, 1.165) is 17.0 Å². The quantitative estimate of drug-likeness (QED) is 0.499. The predicted molar refractivity (Wildman–Crippen MR) is 104 cm³/mol. The van der Waals surface area contributed by atoms with Gasteiger partial charge < -0.3 is 15.4 Å². The van der Waals surface area contributed by atoms with Crippen LogP contribution in [0.4, 0.5) is 22.4 Å². The van der Waals surface area contributed by atoms with Crippen LogP contribution in [-0.2, 0) is 21.7 Å². The zero-order valence-corrected chi connectivity index (χ0v) is 16.8. The Kier molecular flexibility index (Phi) is 6.37. The number of hydrogen-bond donors (Lipinski definition) is 2. The first kappa shape index (κ1) is 23.0. The van der Waals surface area contributed by atoms with E-state index in [1.165, 1.54) is 43.3 Å². The molecule has 2 aromatic rings. The molecule has 0 spiro atoms. The van der Waals surface area contributed by atoms with E-state index in [0.29, 0.717) is 11.1 Å². The second kappa shape index (κ2) is 8.85. The van der Waals surface area contributed by atoms with Crippen molar-refractivity contribution in [3.05, 3.63) is 65.5 Å². The average molecular weight is 453 g/mol. The molecule has 3 rings (SSSR count). The van der Waals surface area contributed by atoms with Crippen LogP contribution in [0.2, 0.25) is 0 Å². The molecule has 1 aliphatic heterocycles. The average Bonchev–Trinajstić information content (AvgIpc) is 2.95. The molecule has 7 nitrogen and oxygen atoms in total. The Morgan fingerprint density at radius 3 is 2.31 bits per heavy atom. The first-order valence-corrected chi connectivity index (χ1v) is 9.43. The molecule has 0 aromatic heterocycles. The second-order valence-electron chi connectivity index (χ2n) is 7.28. The summed E-state index contributed by atoms with van der Waals surface area (Å²) in [4.78, 5) is 38.1. The fourth-order valence-electron chi connectivity index (χ4n) is 3.09. The lowest BCUT2D eigenvalue weighted by molar-refractivity contribution is -0.153. The van der Waals surface area contributed by atoms with Crippen molar-refractivity contribution < 1.29 is 36.7 Å². The van der Waals surface area contributed by atoms with Gasteiger partial charge in [-0.05, 0) is 42.3 Å². The van der Waals surface area contributed by atoms with Crippen molar-refractivity contribution in [2.45, 2.75) is 25.2 Å². The zero-order valence-electron chi connectivity index (χ0n) is 16.8. The Labute approximate surface area is 180 Å². The number of benzene rings is 2. The molecule has 170 valence electrons. The summed E-state index contributed by atoms with van der Waals surface area (Å²) in [5.41, 5.74) is -0.490. The third-order valence-corrected chi connectivity index (χ3v) is 4.81. The van der Waals surface area contributed by atoms with Gasteiger partial charge in [-0.3, -0.25) is 14.5 Å². The second-order valence-corrected chi connectivity index (χ2v) is 7.28. The summed E-state index contributed by atoms with van der Waals surface area (Å²) in [5.74, 6) is -1.74. The Morgan fingerprint density at radius 2 is 1.72 bits per heavy atom. The Hall–Kier alpha value is -3.63. The van der Waals surface area contributed by atoms with E-state index in [-0.39, 0.29) is 12.3 Å². The summed E-state index contributed by atoms with van der Waals surface area (Å²) in [5, 5.41) is 5.05. The highest BCUT2D eigenvalue weighted by molar-refractivity contribution is 6.09. The number of ether oxygens (including phenoxy) is 1. The molecule has 4 amide bonds. The molecule has 1 fully saturated rings. The number of hydrogen-bond acceptors (Lipinski definition) is 4. The number of nitrogens with zero attached hydrogens (tertiary/aromatic N) is 1. The highest BCUT2D eigenvalue weighted by Gasteiger charge is 2.49. The van der Waals surface area contributed by atoms with E-state index < -0.39 is 48.5 Å². The monoisotopic (exact) mass is 453 g/mol. The molecule has 2 aromatic carbocycles. The highest BCUT2D eigenvalue weighted by atomic mass is 19.4. The smallest absolute Gasteiger partial charge is 0.422 e. The third-order valence-electron chi connectivity index (χ3n) is 4.81. The molecule has 0 unspecified atom stereocenters. The van der Waals surface area contributed by atoms with Crippen LogP contribution in [0.5, 0.6) is 5.75 Å². The minimum atomic E-state index is -4.45. The number of carbonyl (C=O) groups is 3. The van der Waals surface area contributed by atoms with Gasteiger partial charge in [-0.1, -0.05) is 24.3 Å². The number of imide groups is 1. The topological polar surface area (TPSA) is 87.7 Å². The van der Waals surface area contributed by atoms with Crippen LogP contribution < -0.4 is 15.4 Å². The standard InChI is InChI=1S/C21H19F4N3O4/c1-20(14-4-6-15(22)7-5-14)18(30)28(19(31)27-20)11-17(29)26-10-13-2-8-16(9-3-13)32-12-21(23,24)25/h2-9H,10-12H2,1H3,(H,26,29)(H,27,31)/t20-/m1/s1. The van der Waals surface area contributed by atoms with Gasteiger partial charge in [0.15, 0.2) is 6.61 Å². The molecule has 1 heterocycles. The minimum absolute atomic E-state index is 0.0248. The fourth-order valence-corrected chi connectivity index (χ4v) is 3.09. The summed E-state index contributed by atoms with van der Waals surface area (Å²) in [6.45, 7) is -0.460. The molecule has 0 radical (unpaired) electrons. The molecule has 11 heteroatoms. The number of carbonyl (C=O) groups excluding carboxylic acids is 3. The number of rotatable bonds is 7. The van der Waals surface area contributed by atoms with Crippen molar-refractivity contribution in [3.8, 4) is 5.75 Å². The number of halogens is 4. The molecule has 0 saturated carbocycles. The zero-order chi connectivity index (χ0) is 23.5. The summed E-state index contributed by atoms with van der Waals surface area (Å²) in [6, 6.07) is 9.93. The fraction of sp³-hybridized carbons (Fsp3) is 0.286. The lowest BCUT2D eigenvalue weighted by atomic mass is 9.92. The molecule has 0 bridgehead atoms. The van der Waals surface area contributed by atoms with Gasteiger partial charge in [0.05, 0.1) is 0 Å². The normalized spacial score (nSPS) is 18.5. The molecule has 0 aliphatic carbocycles. The van der Waals surface area contributed by atoms with Gasteiger partial charge in [0, 0.05) is 6.54 Å². The predicted octanol–water partition coefficient (Wildman–Crippen LogP) is 2.85. The number of alkyl halides is 3. The SMILES string of the molecule is C[C@]1(c2ccc(F)cc2)NC(=O)N(CC(=O)NCc2ccc(OCC(F)(F)F)cc2)C1=O. The van der Waals surface area contributed by atoms with Crippen LogP contribution in [0, 0.1) is 5.82 Å². The van der Waals surface area contributed by atoms with Crippen LogP contribution in [0.1, 0.15) is 18.1 Å². The third kappa shape index (κ3) is 5.34. The van der Waals surface area contributed by atoms with Gasteiger partial charge in [0.2, 0.25) is 5.91 Å². The molecule has 1 saturated heterocycles. The van der Waals surface area contributed by atoms with Crippen LogP contribution in [-0.4, -0.2) is 42.1 Å². The largest absolute Gasteiger partial charge is 0.484 e. The van der Waals surface area contributed by atoms with Gasteiger partial charge in [0.25, 0.3) is 5.91 Å². The summed E-state index contributed by atoms with van der Waals surface area (Å²) in [7, 11) is 0. The molecule has 2 N–H and O–H groups in total. The maximum atomic E-state index is 13.2. The molecular formula is C21H19F4N3O4. The van der Waals surface area contributed by atoms with Crippen LogP contribution >= 0.6 is 0 Å². The van der Waals surface area contributed by atoms with E-state index in [9.17, 15) is 31.9 Å². The molecular weight excluding hydrogens is 434 g/mol. The van der Waals surface area contributed by atoms with E-state index >= 15 is 0 Å². The summed E-state index contributed by atoms with van der Waals surface area (Å²) >= 11 is 0. The first-order chi connectivity index (χ1) is 15.0. The van der Waals surface area contributed by atoms with Gasteiger partial charge in [0.1, 0.15) is 23.7 Å². The number of amides is 4. The van der Waals surface area contributed by atoms with Crippen molar-refractivity contribution in [2.75, 3.05) is 13.2 Å². The maximum Gasteiger partial charge on any atom is 0.422 e. The van der Waals surface area contributed by atoms with Gasteiger partial charge in [-0.15, -0.1) is 0 Å². The minimum Gasteiger partial charge on any atom is -0.484 e. The van der Waals surface area contributed by atoms with Crippen molar-refractivity contribution in [1.29, 1.82) is 0 Å². The summed E-state index contributed by atoms with van der Waals surface area (Å²) < 4.78 is 54.3. The first-order valence-electron chi connectivity index (χ1n) is 9.43. The van der Waals surface area contributed by atoms with Crippen molar-refractivity contribution >= 4 is 17.8 Å². The van der Waals surface area contributed by atoms with Gasteiger partial charge in [-0.2, -0.15) is 13.2 Å². The van der Waals surface area contributed by atoms with Crippen LogP contribution in [0.25, 0.3) is 0 Å². The Morgan fingerprint density at radius 1 is 1.09 bits per heavy atom. The van der Waals surface area contributed by atoms with E-state index in [2.05, 4.69) is 15.4 Å². The van der Waals surface area contributed by atoms with E-state index in [1.54, 1.807) is 0 Å². The Balaban J connectivity index is 1.55. The summed E-state index contributed by atoms with van der Waals surface area (Å²) in [6.07, 6.45) is -4.45. The van der Waals surface area contributed by atoms with Crippen molar-refractivity contribution in [1.82, 2.24) is 15.5 Å². The van der Waals surface area contributed by atoms with Crippen LogP contribution in [0.15, 0.2) is 48.5 Å². The Bertz CT molecular complexity index is 1010. The lowest BCUT2D eigenvalue weighted by Crippen LogP contribution is -2.43. The van der Waals surface area contributed by atoms with E-state index in [1.807, 2.05) is 0 Å².